The highest BCUT2D eigenvalue weighted by Gasteiger charge is 2.56. The van der Waals surface area contributed by atoms with Gasteiger partial charge in [0.25, 0.3) is 0 Å². The Kier molecular flexibility index (Phi) is 11.9. The summed E-state index contributed by atoms with van der Waals surface area (Å²) in [4.78, 5) is 34.2. The molecule has 0 radical (unpaired) electrons. The van der Waals surface area contributed by atoms with Gasteiger partial charge in [-0.3, -0.25) is 4.79 Å². The molecule has 1 aromatic heterocycles. The molecule has 2 amide bonds. The van der Waals surface area contributed by atoms with Crippen LogP contribution in [0, 0.1) is 23.6 Å². The molecule has 2 saturated heterocycles. The minimum absolute atomic E-state index is 0.0411. The molecule has 3 aromatic rings. The number of imidazole rings is 1. The van der Waals surface area contributed by atoms with Crippen LogP contribution in [-0.4, -0.2) is 92.0 Å². The Bertz CT molecular complexity index is 1970. The number of alkyl carbamates (subject to hydrolysis) is 1. The van der Waals surface area contributed by atoms with Crippen molar-refractivity contribution in [1.29, 1.82) is 0 Å². The third kappa shape index (κ3) is 7.73. The van der Waals surface area contributed by atoms with Gasteiger partial charge in [0, 0.05) is 73.6 Å². The molecule has 2 N–H and O–H groups in total. The first-order valence-electron chi connectivity index (χ1n) is 20.3. The van der Waals surface area contributed by atoms with Crippen molar-refractivity contribution in [2.24, 2.45) is 17.8 Å². The number of sulfone groups is 1. The molecule has 302 valence electrons. The molecular weight excluding hydrogens is 732 g/mol. The SMILES string of the molecule is C=CC(=O)NC1CC(S(=O)(=O)c2ccc(N3CC(CN4CCC(C(c5cccc(F)c5)([C@H](C)n5ccnc5CC)[C@H]5CCC[C@@H]5NC(=O)OC)CC4)C3)cc2)C1. The van der Waals surface area contributed by atoms with Crippen molar-refractivity contribution in [3.8, 4) is 0 Å². The van der Waals surface area contributed by atoms with Crippen LogP contribution in [0.1, 0.15) is 76.2 Å². The van der Waals surface area contributed by atoms with Gasteiger partial charge in [0.2, 0.25) is 5.91 Å². The number of nitrogens with zero attached hydrogens (tertiary/aromatic N) is 4. The molecule has 4 aliphatic rings. The number of rotatable bonds is 14. The molecule has 11 nitrogen and oxygen atoms in total. The number of likely N-dealkylation sites (tertiary alicyclic amines) is 1. The van der Waals surface area contributed by atoms with Crippen LogP contribution < -0.4 is 15.5 Å². The van der Waals surface area contributed by atoms with Gasteiger partial charge in [-0.2, -0.15) is 0 Å². The molecule has 13 heteroatoms. The number of piperidine rings is 1. The van der Waals surface area contributed by atoms with E-state index in [1.54, 1.807) is 18.2 Å². The first-order chi connectivity index (χ1) is 27.0. The summed E-state index contributed by atoms with van der Waals surface area (Å²) in [6, 6.07) is 14.2. The van der Waals surface area contributed by atoms with E-state index in [1.807, 2.05) is 24.4 Å². The lowest BCUT2D eigenvalue weighted by molar-refractivity contribution is -0.117. The van der Waals surface area contributed by atoms with Crippen molar-refractivity contribution in [2.75, 3.05) is 44.7 Å². The number of nitrogens with one attached hydrogen (secondary N) is 2. The van der Waals surface area contributed by atoms with Crippen LogP contribution in [0.4, 0.5) is 14.9 Å². The van der Waals surface area contributed by atoms with E-state index in [1.165, 1.54) is 19.3 Å². The smallest absolute Gasteiger partial charge is 0.407 e. The third-order valence-corrected chi connectivity index (χ3v) is 15.6. The fraction of sp³-hybridized carbons (Fsp3) is 0.558. The van der Waals surface area contributed by atoms with E-state index in [0.29, 0.717) is 23.7 Å². The number of aryl methyl sites for hydroxylation is 1. The quantitative estimate of drug-likeness (QED) is 0.189. The number of carbonyl (C=O) groups is 2. The van der Waals surface area contributed by atoms with Gasteiger partial charge >= 0.3 is 6.09 Å². The zero-order valence-corrected chi connectivity index (χ0v) is 33.7. The standard InChI is InChI=1S/C43H57FN6O5S/c1-5-40-45-19-22-50(40)29(3)43(32-9-7-10-33(44)23-32,38-11-8-12-39(38)47-42(52)55-4)31-17-20-48(21-18-31)26-30-27-49(28-30)35-13-15-36(16-14-35)56(53,54)37-24-34(25-37)46-41(51)6-2/h6-7,9-10,13-16,19,22-23,29-31,34,37-39H,2,5,8,11-12,17-18,20-21,24-28H2,1,3-4H3,(H,46,51)(H,47,52)/t29-,34?,37?,38-,39-,43?/m0/s1. The molecule has 2 aromatic carbocycles. The summed E-state index contributed by atoms with van der Waals surface area (Å²) < 4.78 is 49.1. The average molecular weight is 789 g/mol. The van der Waals surface area contributed by atoms with Crippen LogP contribution in [0.5, 0.6) is 0 Å². The highest BCUT2D eigenvalue weighted by molar-refractivity contribution is 7.92. The number of hydrogen-bond acceptors (Lipinski definition) is 8. The number of halogens is 1. The normalized spacial score (nSPS) is 25.0. The van der Waals surface area contributed by atoms with Gasteiger partial charge in [-0.1, -0.05) is 32.1 Å². The Balaban J connectivity index is 1.03. The van der Waals surface area contributed by atoms with Gasteiger partial charge in [0.15, 0.2) is 9.84 Å². The number of ether oxygens (including phenoxy) is 1. The lowest BCUT2D eigenvalue weighted by Crippen LogP contribution is -2.57. The summed E-state index contributed by atoms with van der Waals surface area (Å²) in [5.41, 5.74) is 1.54. The predicted molar refractivity (Wildman–Crippen MR) is 215 cm³/mol. The highest BCUT2D eigenvalue weighted by Crippen LogP contribution is 2.56. The molecule has 2 aliphatic heterocycles. The van der Waals surface area contributed by atoms with Gasteiger partial charge in [-0.05, 0) is 118 Å². The summed E-state index contributed by atoms with van der Waals surface area (Å²) in [5, 5.41) is 5.49. The predicted octanol–water partition coefficient (Wildman–Crippen LogP) is 6.06. The molecule has 2 aliphatic carbocycles. The zero-order chi connectivity index (χ0) is 39.6. The van der Waals surface area contributed by atoms with E-state index in [9.17, 15) is 18.0 Å². The maximum Gasteiger partial charge on any atom is 0.407 e. The largest absolute Gasteiger partial charge is 0.453 e. The van der Waals surface area contributed by atoms with E-state index in [0.717, 1.165) is 88.3 Å². The Morgan fingerprint density at radius 2 is 1.80 bits per heavy atom. The van der Waals surface area contributed by atoms with Gasteiger partial charge < -0.3 is 29.7 Å². The van der Waals surface area contributed by atoms with E-state index in [2.05, 4.69) is 57.7 Å². The maximum atomic E-state index is 15.3. The Hall–Kier alpha value is -4.23. The van der Waals surface area contributed by atoms with E-state index < -0.39 is 26.6 Å². The second kappa shape index (κ2) is 16.7. The molecule has 4 atom stereocenters. The molecule has 3 heterocycles. The average Bonchev–Trinajstić information content (AvgIpc) is 3.85. The Morgan fingerprint density at radius 1 is 1.07 bits per heavy atom. The molecule has 7 rings (SSSR count). The molecule has 2 saturated carbocycles. The van der Waals surface area contributed by atoms with E-state index >= 15 is 4.39 Å². The van der Waals surface area contributed by atoms with Crippen LogP contribution in [0.25, 0.3) is 0 Å². The second-order valence-electron chi connectivity index (χ2n) is 16.4. The third-order valence-electron chi connectivity index (χ3n) is 13.4. The van der Waals surface area contributed by atoms with Crippen LogP contribution in [-0.2, 0) is 31.2 Å². The summed E-state index contributed by atoms with van der Waals surface area (Å²) in [5.74, 6) is 1.28. The summed E-state index contributed by atoms with van der Waals surface area (Å²) in [6.07, 6.45) is 11.0. The molecule has 0 bridgehead atoms. The van der Waals surface area contributed by atoms with E-state index in [-0.39, 0.29) is 41.7 Å². The number of anilines is 1. The fourth-order valence-corrected chi connectivity index (χ4v) is 12.5. The van der Waals surface area contributed by atoms with Crippen molar-refractivity contribution in [2.45, 2.75) is 98.9 Å². The van der Waals surface area contributed by atoms with Gasteiger partial charge in [-0.25, -0.2) is 22.6 Å². The number of aromatic nitrogens is 2. The molecule has 1 unspecified atom stereocenters. The van der Waals surface area contributed by atoms with Crippen LogP contribution >= 0.6 is 0 Å². The Labute approximate surface area is 331 Å². The number of amides is 2. The molecule has 56 heavy (non-hydrogen) atoms. The molecule has 0 spiro atoms. The monoisotopic (exact) mass is 788 g/mol. The van der Waals surface area contributed by atoms with Crippen molar-refractivity contribution in [3.05, 3.63) is 90.8 Å². The first kappa shape index (κ1) is 40.0. The minimum atomic E-state index is -3.46. The highest BCUT2D eigenvalue weighted by atomic mass is 32.2. The van der Waals surface area contributed by atoms with Gasteiger partial charge in [0.05, 0.1) is 17.3 Å². The number of hydrogen-bond donors (Lipinski definition) is 2. The summed E-state index contributed by atoms with van der Waals surface area (Å²) >= 11 is 0. The summed E-state index contributed by atoms with van der Waals surface area (Å²) in [6.45, 7) is 12.5. The topological polar surface area (TPSA) is 126 Å². The fourth-order valence-electron chi connectivity index (χ4n) is 10.6. The number of methoxy groups -OCH3 is 1. The van der Waals surface area contributed by atoms with Crippen molar-refractivity contribution in [3.63, 3.8) is 0 Å². The second-order valence-corrected chi connectivity index (χ2v) is 18.6. The van der Waals surface area contributed by atoms with E-state index in [4.69, 9.17) is 9.72 Å². The van der Waals surface area contributed by atoms with Crippen molar-refractivity contribution < 1.29 is 27.1 Å². The number of benzene rings is 2. The summed E-state index contributed by atoms with van der Waals surface area (Å²) in [7, 11) is -2.06. The minimum Gasteiger partial charge on any atom is -0.453 e. The van der Waals surface area contributed by atoms with Crippen LogP contribution in [0.3, 0.4) is 0 Å². The number of carbonyl (C=O) groups excluding carboxylic acids is 2. The maximum absolute atomic E-state index is 15.3. The van der Waals surface area contributed by atoms with Crippen molar-refractivity contribution >= 4 is 27.5 Å². The first-order valence-corrected chi connectivity index (χ1v) is 21.9. The van der Waals surface area contributed by atoms with Crippen LogP contribution in [0.15, 0.2) is 78.5 Å². The lowest BCUT2D eigenvalue weighted by atomic mass is 9.55. The zero-order valence-electron chi connectivity index (χ0n) is 32.9. The van der Waals surface area contributed by atoms with Gasteiger partial charge in [0.1, 0.15) is 11.6 Å². The van der Waals surface area contributed by atoms with Gasteiger partial charge in [-0.15, -0.1) is 0 Å². The Morgan fingerprint density at radius 3 is 2.46 bits per heavy atom. The van der Waals surface area contributed by atoms with Crippen LogP contribution in [0.2, 0.25) is 0 Å². The molecular formula is C43H57FN6O5S. The lowest BCUT2D eigenvalue weighted by Gasteiger charge is -2.54. The molecule has 4 fully saturated rings. The van der Waals surface area contributed by atoms with Crippen molar-refractivity contribution in [1.82, 2.24) is 25.1 Å².